The summed E-state index contributed by atoms with van der Waals surface area (Å²) in [6.45, 7) is 5.92. The van der Waals surface area contributed by atoms with Crippen LogP contribution in [0.2, 0.25) is 0 Å². The minimum atomic E-state index is -0.0814. The quantitative estimate of drug-likeness (QED) is 0.742. The SMILES string of the molecule is Cc1ccc(CC(Br)C(=O)C(C)C)cc1Br. The number of carbonyl (C=O) groups is 1. The number of ketones is 1. The largest absolute Gasteiger partial charge is 0.298 e. The number of carbonyl (C=O) groups excluding carboxylic acids is 1. The predicted molar refractivity (Wildman–Crippen MR) is 75.1 cm³/mol. The molecule has 1 unspecified atom stereocenters. The van der Waals surface area contributed by atoms with Crippen molar-refractivity contribution < 1.29 is 4.79 Å². The lowest BCUT2D eigenvalue weighted by atomic mass is 10.0. The zero-order valence-electron chi connectivity index (χ0n) is 9.76. The Hall–Kier alpha value is -0.150. The van der Waals surface area contributed by atoms with Gasteiger partial charge < -0.3 is 0 Å². The van der Waals surface area contributed by atoms with Crippen LogP contribution >= 0.6 is 31.9 Å². The van der Waals surface area contributed by atoms with Gasteiger partial charge in [-0.2, -0.15) is 0 Å². The van der Waals surface area contributed by atoms with Crippen LogP contribution in [0.15, 0.2) is 22.7 Å². The Morgan fingerprint density at radius 2 is 2.00 bits per heavy atom. The van der Waals surface area contributed by atoms with Crippen molar-refractivity contribution in [3.8, 4) is 0 Å². The van der Waals surface area contributed by atoms with Crippen LogP contribution in [0.1, 0.15) is 25.0 Å². The van der Waals surface area contributed by atoms with Crippen molar-refractivity contribution in [3.05, 3.63) is 33.8 Å². The van der Waals surface area contributed by atoms with Crippen LogP contribution < -0.4 is 0 Å². The Balaban J connectivity index is 2.73. The van der Waals surface area contributed by atoms with Crippen LogP contribution in [0, 0.1) is 12.8 Å². The molecule has 1 aromatic rings. The van der Waals surface area contributed by atoms with Crippen molar-refractivity contribution in [1.29, 1.82) is 0 Å². The van der Waals surface area contributed by atoms with Crippen molar-refractivity contribution in [2.24, 2.45) is 5.92 Å². The van der Waals surface area contributed by atoms with Gasteiger partial charge in [0.25, 0.3) is 0 Å². The molecule has 3 heteroatoms. The Morgan fingerprint density at radius 3 is 2.50 bits per heavy atom. The van der Waals surface area contributed by atoms with E-state index in [-0.39, 0.29) is 16.5 Å². The molecule has 0 amide bonds. The van der Waals surface area contributed by atoms with Gasteiger partial charge in [-0.1, -0.05) is 57.8 Å². The standard InChI is InChI=1S/C13H16Br2O/c1-8(2)13(16)12(15)7-10-5-4-9(3)11(14)6-10/h4-6,8,12H,7H2,1-3H3. The van der Waals surface area contributed by atoms with Gasteiger partial charge in [-0.15, -0.1) is 0 Å². The molecule has 0 aliphatic heterocycles. The molecule has 1 aromatic carbocycles. The van der Waals surface area contributed by atoms with Gasteiger partial charge in [0.15, 0.2) is 0 Å². The van der Waals surface area contributed by atoms with Crippen molar-refractivity contribution in [3.63, 3.8) is 0 Å². The summed E-state index contributed by atoms with van der Waals surface area (Å²) in [5.41, 5.74) is 2.39. The molecule has 0 saturated carbocycles. The summed E-state index contributed by atoms with van der Waals surface area (Å²) < 4.78 is 1.10. The molecule has 0 spiro atoms. The maximum Gasteiger partial charge on any atom is 0.149 e. The fourth-order valence-electron chi connectivity index (χ4n) is 1.43. The second kappa shape index (κ2) is 5.97. The van der Waals surface area contributed by atoms with Crippen molar-refractivity contribution in [2.75, 3.05) is 0 Å². The molecule has 0 saturated heterocycles. The maximum atomic E-state index is 11.7. The number of benzene rings is 1. The maximum absolute atomic E-state index is 11.7. The van der Waals surface area contributed by atoms with Gasteiger partial charge in [0, 0.05) is 10.4 Å². The lowest BCUT2D eigenvalue weighted by Gasteiger charge is -2.12. The van der Waals surface area contributed by atoms with Crippen LogP contribution in [0.5, 0.6) is 0 Å². The third-order valence-electron chi connectivity index (χ3n) is 2.53. The van der Waals surface area contributed by atoms with Crippen LogP contribution in [-0.4, -0.2) is 10.6 Å². The molecule has 1 atom stereocenters. The highest BCUT2D eigenvalue weighted by Crippen LogP contribution is 2.21. The van der Waals surface area contributed by atoms with E-state index in [1.165, 1.54) is 11.1 Å². The molecule has 0 aliphatic rings. The number of alkyl halides is 1. The van der Waals surface area contributed by atoms with Gasteiger partial charge in [0.05, 0.1) is 4.83 Å². The van der Waals surface area contributed by atoms with Gasteiger partial charge in [0.1, 0.15) is 5.78 Å². The Labute approximate surface area is 114 Å². The van der Waals surface area contributed by atoms with E-state index < -0.39 is 0 Å². The molecular formula is C13H16Br2O. The van der Waals surface area contributed by atoms with E-state index in [0.29, 0.717) is 0 Å². The summed E-state index contributed by atoms with van der Waals surface area (Å²) in [7, 11) is 0. The molecular weight excluding hydrogens is 332 g/mol. The molecule has 0 bridgehead atoms. The van der Waals surface area contributed by atoms with Gasteiger partial charge >= 0.3 is 0 Å². The number of aryl methyl sites for hydroxylation is 1. The van der Waals surface area contributed by atoms with E-state index in [1.54, 1.807) is 0 Å². The highest BCUT2D eigenvalue weighted by molar-refractivity contribution is 9.10. The normalized spacial score (nSPS) is 12.9. The van der Waals surface area contributed by atoms with Crippen LogP contribution in [0.25, 0.3) is 0 Å². The summed E-state index contributed by atoms with van der Waals surface area (Å²) >= 11 is 6.96. The molecule has 1 nitrogen and oxygen atoms in total. The highest BCUT2D eigenvalue weighted by Gasteiger charge is 2.18. The van der Waals surface area contributed by atoms with E-state index in [2.05, 4.69) is 57.0 Å². The first-order valence-electron chi connectivity index (χ1n) is 5.34. The molecule has 0 radical (unpaired) electrons. The molecule has 0 fully saturated rings. The molecule has 0 aliphatic carbocycles. The predicted octanol–water partition coefficient (Wildman–Crippen LogP) is 4.29. The Bertz CT molecular complexity index is 386. The minimum absolute atomic E-state index is 0.0814. The van der Waals surface area contributed by atoms with Gasteiger partial charge in [-0.3, -0.25) is 4.79 Å². The van der Waals surface area contributed by atoms with Crippen molar-refractivity contribution in [2.45, 2.75) is 32.0 Å². The first-order chi connectivity index (χ1) is 7.41. The van der Waals surface area contributed by atoms with E-state index in [9.17, 15) is 4.79 Å². The fraction of sp³-hybridized carbons (Fsp3) is 0.462. The Kier molecular flexibility index (Phi) is 5.19. The van der Waals surface area contributed by atoms with Gasteiger partial charge in [-0.05, 0) is 30.5 Å². The second-order valence-electron chi connectivity index (χ2n) is 4.31. The third-order valence-corrected chi connectivity index (χ3v) is 4.16. The van der Waals surface area contributed by atoms with Crippen LogP contribution in [-0.2, 0) is 11.2 Å². The molecule has 0 N–H and O–H groups in total. The Morgan fingerprint density at radius 1 is 1.38 bits per heavy atom. The number of halogens is 2. The first-order valence-corrected chi connectivity index (χ1v) is 7.05. The number of rotatable bonds is 4. The van der Waals surface area contributed by atoms with Gasteiger partial charge in [-0.25, -0.2) is 0 Å². The summed E-state index contributed by atoms with van der Waals surface area (Å²) in [5, 5.41) is 0. The number of Topliss-reactive ketones (excluding diaryl/α,β-unsaturated/α-hetero) is 1. The van der Waals surface area contributed by atoms with E-state index in [4.69, 9.17) is 0 Å². The van der Waals surface area contributed by atoms with Crippen LogP contribution in [0.3, 0.4) is 0 Å². The van der Waals surface area contributed by atoms with Crippen molar-refractivity contribution >= 4 is 37.6 Å². The van der Waals surface area contributed by atoms with Gasteiger partial charge in [0.2, 0.25) is 0 Å². The summed E-state index contributed by atoms with van der Waals surface area (Å²) in [6.07, 6.45) is 0.746. The first kappa shape index (κ1) is 13.9. The summed E-state index contributed by atoms with van der Waals surface area (Å²) in [5.74, 6) is 0.343. The molecule has 0 heterocycles. The zero-order valence-corrected chi connectivity index (χ0v) is 12.9. The number of hydrogen-bond acceptors (Lipinski definition) is 1. The number of hydrogen-bond donors (Lipinski definition) is 0. The smallest absolute Gasteiger partial charge is 0.149 e. The van der Waals surface area contributed by atoms with E-state index >= 15 is 0 Å². The topological polar surface area (TPSA) is 17.1 Å². The second-order valence-corrected chi connectivity index (χ2v) is 6.27. The highest BCUT2D eigenvalue weighted by atomic mass is 79.9. The van der Waals surface area contributed by atoms with Crippen molar-refractivity contribution in [1.82, 2.24) is 0 Å². The average molecular weight is 348 g/mol. The fourth-order valence-corrected chi connectivity index (χ4v) is 2.76. The average Bonchev–Trinajstić information content (AvgIpc) is 2.22. The minimum Gasteiger partial charge on any atom is -0.298 e. The van der Waals surface area contributed by atoms with E-state index in [0.717, 1.165) is 10.9 Å². The molecule has 1 rings (SSSR count). The molecule has 16 heavy (non-hydrogen) atoms. The summed E-state index contributed by atoms with van der Waals surface area (Å²) in [6, 6.07) is 6.22. The molecule has 88 valence electrons. The summed E-state index contributed by atoms with van der Waals surface area (Å²) in [4.78, 5) is 11.7. The third kappa shape index (κ3) is 3.70. The monoisotopic (exact) mass is 346 g/mol. The zero-order chi connectivity index (χ0) is 12.3. The van der Waals surface area contributed by atoms with E-state index in [1.807, 2.05) is 13.8 Å². The lowest BCUT2D eigenvalue weighted by Crippen LogP contribution is -2.21. The lowest BCUT2D eigenvalue weighted by molar-refractivity contribution is -0.121. The van der Waals surface area contributed by atoms with Crippen LogP contribution in [0.4, 0.5) is 0 Å². The molecule has 0 aromatic heterocycles.